The van der Waals surface area contributed by atoms with Gasteiger partial charge in [-0.3, -0.25) is 0 Å². The van der Waals surface area contributed by atoms with E-state index in [0.717, 1.165) is 27.5 Å². The number of aryl methyl sites for hydroxylation is 1. The third kappa shape index (κ3) is 3.28. The lowest BCUT2D eigenvalue weighted by Gasteiger charge is -2.07. The van der Waals surface area contributed by atoms with E-state index in [1.165, 1.54) is 12.1 Å². The summed E-state index contributed by atoms with van der Waals surface area (Å²) in [5, 5.41) is 6.37. The second-order valence-electron chi connectivity index (χ2n) is 4.81. The molecule has 0 atom stereocenters. The summed E-state index contributed by atoms with van der Waals surface area (Å²) >= 11 is 1.62. The molecule has 0 saturated heterocycles. The highest BCUT2D eigenvalue weighted by Crippen LogP contribution is 2.23. The molecule has 2 nitrogen and oxygen atoms in total. The average molecular weight is 298 g/mol. The number of rotatable bonds is 4. The van der Waals surface area contributed by atoms with E-state index in [4.69, 9.17) is 0 Å². The minimum absolute atomic E-state index is 0.210. The van der Waals surface area contributed by atoms with Crippen LogP contribution in [-0.4, -0.2) is 4.98 Å². The fraction of sp³-hybridized carbons (Fsp3) is 0.118. The fourth-order valence-electron chi connectivity index (χ4n) is 2.13. The van der Waals surface area contributed by atoms with Crippen LogP contribution in [0, 0.1) is 12.7 Å². The van der Waals surface area contributed by atoms with Gasteiger partial charge >= 0.3 is 0 Å². The zero-order chi connectivity index (χ0) is 14.7. The minimum atomic E-state index is -0.210. The number of aromatic nitrogens is 1. The first-order valence-corrected chi connectivity index (χ1v) is 7.60. The Morgan fingerprint density at radius 3 is 2.71 bits per heavy atom. The van der Waals surface area contributed by atoms with Crippen molar-refractivity contribution in [3.63, 3.8) is 0 Å². The monoisotopic (exact) mass is 298 g/mol. The van der Waals surface area contributed by atoms with Crippen molar-refractivity contribution in [2.75, 3.05) is 5.32 Å². The van der Waals surface area contributed by atoms with Crippen LogP contribution in [0.5, 0.6) is 0 Å². The number of benzene rings is 2. The van der Waals surface area contributed by atoms with Crippen LogP contribution in [0.2, 0.25) is 0 Å². The van der Waals surface area contributed by atoms with Gasteiger partial charge in [0, 0.05) is 16.6 Å². The molecule has 0 aliphatic rings. The predicted molar refractivity (Wildman–Crippen MR) is 86.0 cm³/mol. The Balaban J connectivity index is 1.70. The average Bonchev–Trinajstić information content (AvgIpc) is 2.96. The summed E-state index contributed by atoms with van der Waals surface area (Å²) in [4.78, 5) is 4.62. The maximum absolute atomic E-state index is 13.1. The Morgan fingerprint density at radius 2 is 1.95 bits per heavy atom. The first-order chi connectivity index (χ1) is 10.2. The van der Waals surface area contributed by atoms with Gasteiger partial charge in [-0.05, 0) is 30.7 Å². The fourth-order valence-corrected chi connectivity index (χ4v) is 2.87. The topological polar surface area (TPSA) is 24.9 Å². The highest BCUT2D eigenvalue weighted by molar-refractivity contribution is 7.09. The molecule has 1 N–H and O–H groups in total. The van der Waals surface area contributed by atoms with Crippen molar-refractivity contribution in [2.45, 2.75) is 13.5 Å². The van der Waals surface area contributed by atoms with E-state index in [-0.39, 0.29) is 5.82 Å². The first kappa shape index (κ1) is 13.8. The molecule has 3 rings (SSSR count). The molecule has 0 unspecified atom stereocenters. The largest absolute Gasteiger partial charge is 0.378 e. The van der Waals surface area contributed by atoms with Gasteiger partial charge in [-0.2, -0.15) is 0 Å². The third-order valence-corrected chi connectivity index (χ3v) is 4.09. The molecule has 0 aliphatic carbocycles. The Hall–Kier alpha value is -2.20. The lowest BCUT2D eigenvalue weighted by Crippen LogP contribution is -2.00. The van der Waals surface area contributed by atoms with Crippen LogP contribution in [0.3, 0.4) is 0 Å². The summed E-state index contributed by atoms with van der Waals surface area (Å²) in [6.45, 7) is 2.53. The van der Waals surface area contributed by atoms with Crippen molar-refractivity contribution in [3.8, 4) is 11.3 Å². The van der Waals surface area contributed by atoms with Crippen molar-refractivity contribution >= 4 is 17.0 Å². The van der Waals surface area contributed by atoms with Crippen LogP contribution in [0.1, 0.15) is 10.6 Å². The number of thiazole rings is 1. The third-order valence-electron chi connectivity index (χ3n) is 3.24. The SMILES string of the molecule is Cc1cc(F)ccc1NCc1nc(-c2ccccc2)cs1. The summed E-state index contributed by atoms with van der Waals surface area (Å²) in [6, 6.07) is 14.9. The number of anilines is 1. The van der Waals surface area contributed by atoms with E-state index in [1.807, 2.05) is 25.1 Å². The normalized spacial score (nSPS) is 10.6. The zero-order valence-corrected chi connectivity index (χ0v) is 12.5. The van der Waals surface area contributed by atoms with Crippen LogP contribution in [0.15, 0.2) is 53.9 Å². The summed E-state index contributed by atoms with van der Waals surface area (Å²) in [5.41, 5.74) is 3.95. The predicted octanol–water partition coefficient (Wildman–Crippen LogP) is 4.87. The standard InChI is InChI=1S/C17H15FN2S/c1-12-9-14(18)7-8-15(12)19-10-17-20-16(11-21-17)13-5-3-2-4-6-13/h2-9,11,19H,10H2,1H3. The van der Waals surface area contributed by atoms with E-state index < -0.39 is 0 Å². The molecule has 0 aliphatic heterocycles. The highest BCUT2D eigenvalue weighted by Gasteiger charge is 2.05. The van der Waals surface area contributed by atoms with Gasteiger partial charge in [0.05, 0.1) is 12.2 Å². The smallest absolute Gasteiger partial charge is 0.123 e. The second-order valence-corrected chi connectivity index (χ2v) is 5.75. The van der Waals surface area contributed by atoms with E-state index >= 15 is 0 Å². The van der Waals surface area contributed by atoms with Gasteiger partial charge in [0.1, 0.15) is 10.8 Å². The number of halogens is 1. The van der Waals surface area contributed by atoms with Crippen LogP contribution < -0.4 is 5.32 Å². The van der Waals surface area contributed by atoms with Crippen molar-refractivity contribution < 1.29 is 4.39 Å². The Bertz CT molecular complexity index is 738. The maximum Gasteiger partial charge on any atom is 0.123 e. The molecule has 21 heavy (non-hydrogen) atoms. The lowest BCUT2D eigenvalue weighted by molar-refractivity contribution is 0.627. The molecule has 0 amide bonds. The molecule has 106 valence electrons. The summed E-state index contributed by atoms with van der Waals surface area (Å²) in [5.74, 6) is -0.210. The molecule has 4 heteroatoms. The van der Waals surface area contributed by atoms with Crippen LogP contribution in [0.4, 0.5) is 10.1 Å². The van der Waals surface area contributed by atoms with Crippen molar-refractivity contribution in [1.82, 2.24) is 4.98 Å². The highest BCUT2D eigenvalue weighted by atomic mass is 32.1. The van der Waals surface area contributed by atoms with Gasteiger partial charge in [0.15, 0.2) is 0 Å². The van der Waals surface area contributed by atoms with Gasteiger partial charge < -0.3 is 5.32 Å². The Labute approximate surface area is 127 Å². The van der Waals surface area contributed by atoms with Gasteiger partial charge in [0.25, 0.3) is 0 Å². The van der Waals surface area contributed by atoms with Crippen molar-refractivity contribution in [3.05, 3.63) is 70.3 Å². The van der Waals surface area contributed by atoms with E-state index in [2.05, 4.69) is 27.8 Å². The van der Waals surface area contributed by atoms with E-state index in [1.54, 1.807) is 17.4 Å². The number of nitrogens with zero attached hydrogens (tertiary/aromatic N) is 1. The molecule has 0 fully saturated rings. The quantitative estimate of drug-likeness (QED) is 0.743. The summed E-state index contributed by atoms with van der Waals surface area (Å²) < 4.78 is 13.1. The van der Waals surface area contributed by atoms with Gasteiger partial charge in [-0.1, -0.05) is 30.3 Å². The maximum atomic E-state index is 13.1. The van der Waals surface area contributed by atoms with Gasteiger partial charge in [0.2, 0.25) is 0 Å². The van der Waals surface area contributed by atoms with Crippen molar-refractivity contribution in [1.29, 1.82) is 0 Å². The van der Waals surface area contributed by atoms with Crippen LogP contribution in [0.25, 0.3) is 11.3 Å². The molecule has 2 aromatic carbocycles. The molecular weight excluding hydrogens is 283 g/mol. The van der Waals surface area contributed by atoms with E-state index in [9.17, 15) is 4.39 Å². The minimum Gasteiger partial charge on any atom is -0.378 e. The first-order valence-electron chi connectivity index (χ1n) is 6.72. The molecule has 3 aromatic rings. The van der Waals surface area contributed by atoms with Crippen LogP contribution >= 0.6 is 11.3 Å². The van der Waals surface area contributed by atoms with E-state index in [0.29, 0.717) is 6.54 Å². The molecule has 0 saturated carbocycles. The molecule has 1 aromatic heterocycles. The summed E-state index contributed by atoms with van der Waals surface area (Å²) in [6.07, 6.45) is 0. The molecule has 0 radical (unpaired) electrons. The Kier molecular flexibility index (Phi) is 3.97. The Morgan fingerprint density at radius 1 is 1.14 bits per heavy atom. The van der Waals surface area contributed by atoms with Gasteiger partial charge in [-0.25, -0.2) is 9.37 Å². The number of hydrogen-bond acceptors (Lipinski definition) is 3. The second kappa shape index (κ2) is 6.06. The number of nitrogens with one attached hydrogen (secondary N) is 1. The molecule has 0 bridgehead atoms. The molecule has 0 spiro atoms. The van der Waals surface area contributed by atoms with Crippen LogP contribution in [-0.2, 0) is 6.54 Å². The van der Waals surface area contributed by atoms with Gasteiger partial charge in [-0.15, -0.1) is 11.3 Å². The molecule has 1 heterocycles. The summed E-state index contributed by atoms with van der Waals surface area (Å²) in [7, 11) is 0. The zero-order valence-electron chi connectivity index (χ0n) is 11.6. The molecular formula is C17H15FN2S. The lowest BCUT2D eigenvalue weighted by atomic mass is 10.2. The van der Waals surface area contributed by atoms with Crippen molar-refractivity contribution in [2.24, 2.45) is 0 Å². The number of hydrogen-bond donors (Lipinski definition) is 1.